The molecule has 234 valence electrons. The third-order valence-electron chi connectivity index (χ3n) is 8.85. The van der Waals surface area contributed by atoms with Crippen molar-refractivity contribution in [3.8, 4) is 67.5 Å². The predicted octanol–water partition coefficient (Wildman–Crippen LogP) is 10.4. The fraction of sp³-hybridized carbons (Fsp3) is 0. The Bertz CT molecular complexity index is 2570. The predicted molar refractivity (Wildman–Crippen MR) is 201 cm³/mol. The summed E-state index contributed by atoms with van der Waals surface area (Å²) in [5.74, 6) is 1.81. The highest BCUT2D eigenvalue weighted by molar-refractivity contribution is 6.09. The zero-order valence-electron chi connectivity index (χ0n) is 26.8. The zero-order valence-corrected chi connectivity index (χ0v) is 26.8. The molecule has 0 radical (unpaired) electrons. The Kier molecular flexibility index (Phi) is 7.37. The maximum atomic E-state index is 5.07. The SMILES string of the molecule is c1ccc(-c2ccc(-c3cc(-c4nc(-c5ccccc5)nc(-c5ccccc5)n4)cc(-c4cc5nccnc5c5cccnc45)c3)cc2)cc1. The van der Waals surface area contributed by atoms with Crippen molar-refractivity contribution < 1.29 is 0 Å². The van der Waals surface area contributed by atoms with Gasteiger partial charge in [0, 0.05) is 46.2 Å². The van der Waals surface area contributed by atoms with Gasteiger partial charge in [-0.25, -0.2) is 15.0 Å². The molecule has 0 amide bonds. The van der Waals surface area contributed by atoms with Gasteiger partial charge in [-0.15, -0.1) is 0 Å². The van der Waals surface area contributed by atoms with Gasteiger partial charge in [-0.1, -0.05) is 115 Å². The molecule has 0 bridgehead atoms. The van der Waals surface area contributed by atoms with Gasteiger partial charge in [0.05, 0.1) is 16.6 Å². The van der Waals surface area contributed by atoms with E-state index in [4.69, 9.17) is 19.9 Å². The maximum Gasteiger partial charge on any atom is 0.164 e. The van der Waals surface area contributed by atoms with Crippen LogP contribution < -0.4 is 0 Å². The van der Waals surface area contributed by atoms with Gasteiger partial charge in [0.1, 0.15) is 0 Å². The Morgan fingerprint density at radius 3 is 1.42 bits per heavy atom. The largest absolute Gasteiger partial charge is 0.256 e. The summed E-state index contributed by atoms with van der Waals surface area (Å²) >= 11 is 0. The van der Waals surface area contributed by atoms with E-state index >= 15 is 0 Å². The Morgan fingerprint density at radius 2 is 0.780 bits per heavy atom. The van der Waals surface area contributed by atoms with E-state index in [2.05, 4.69) is 88.8 Å². The second-order valence-electron chi connectivity index (χ2n) is 12.0. The molecule has 0 saturated heterocycles. The Morgan fingerprint density at radius 1 is 0.300 bits per heavy atom. The number of benzene rings is 6. The number of nitrogens with zero attached hydrogens (tertiary/aromatic N) is 6. The molecule has 0 fully saturated rings. The molecule has 0 aliphatic heterocycles. The molecule has 6 heteroatoms. The summed E-state index contributed by atoms with van der Waals surface area (Å²) in [4.78, 5) is 29.3. The zero-order chi connectivity index (χ0) is 33.3. The fourth-order valence-electron chi connectivity index (χ4n) is 6.40. The van der Waals surface area contributed by atoms with Crippen LogP contribution in [0.1, 0.15) is 0 Å². The van der Waals surface area contributed by atoms with Gasteiger partial charge in [0.2, 0.25) is 0 Å². The van der Waals surface area contributed by atoms with Crippen molar-refractivity contribution in [1.82, 2.24) is 29.9 Å². The molecule has 0 spiro atoms. The molecule has 0 atom stereocenters. The lowest BCUT2D eigenvalue weighted by molar-refractivity contribution is 1.07. The van der Waals surface area contributed by atoms with Crippen molar-refractivity contribution in [3.05, 3.63) is 170 Å². The summed E-state index contributed by atoms with van der Waals surface area (Å²) in [5, 5.41) is 0.949. The smallest absolute Gasteiger partial charge is 0.164 e. The van der Waals surface area contributed by atoms with E-state index in [0.717, 1.165) is 66.4 Å². The minimum atomic E-state index is 0.583. The van der Waals surface area contributed by atoms with Gasteiger partial charge in [-0.2, -0.15) is 0 Å². The highest BCUT2D eigenvalue weighted by Gasteiger charge is 2.17. The Labute approximate surface area is 288 Å². The van der Waals surface area contributed by atoms with Crippen molar-refractivity contribution >= 4 is 21.9 Å². The number of pyridine rings is 1. The van der Waals surface area contributed by atoms with Crippen LogP contribution in [0, 0.1) is 0 Å². The van der Waals surface area contributed by atoms with E-state index < -0.39 is 0 Å². The van der Waals surface area contributed by atoms with E-state index in [1.54, 1.807) is 12.4 Å². The molecule has 9 aromatic rings. The standard InChI is InChI=1S/C44H28N6/c1-4-11-29(12-5-1)30-18-20-31(21-19-30)34-25-35(38-28-39-41(47-24-23-45-39)37-17-10-22-46-40(37)38)27-36(26-34)44-49-42(32-13-6-2-7-14-32)48-43(50-44)33-15-8-3-9-16-33/h1-28H. The summed E-state index contributed by atoms with van der Waals surface area (Å²) in [6.07, 6.45) is 5.28. The molecule has 9 rings (SSSR count). The minimum absolute atomic E-state index is 0.583. The molecule has 0 saturated carbocycles. The summed E-state index contributed by atoms with van der Waals surface area (Å²) < 4.78 is 0. The van der Waals surface area contributed by atoms with Crippen LogP contribution in [0.15, 0.2) is 170 Å². The van der Waals surface area contributed by atoms with E-state index in [1.807, 2.05) is 79.0 Å². The number of fused-ring (bicyclic) bond motifs is 3. The minimum Gasteiger partial charge on any atom is -0.256 e. The first-order valence-corrected chi connectivity index (χ1v) is 16.4. The monoisotopic (exact) mass is 640 g/mol. The highest BCUT2D eigenvalue weighted by atomic mass is 15.0. The molecular formula is C44H28N6. The summed E-state index contributed by atoms with van der Waals surface area (Å²) in [7, 11) is 0. The summed E-state index contributed by atoms with van der Waals surface area (Å²) in [6.45, 7) is 0. The molecule has 6 nitrogen and oxygen atoms in total. The first-order chi connectivity index (χ1) is 24.8. The van der Waals surface area contributed by atoms with Crippen LogP contribution >= 0.6 is 0 Å². The van der Waals surface area contributed by atoms with Crippen LogP contribution in [0.2, 0.25) is 0 Å². The van der Waals surface area contributed by atoms with Crippen molar-refractivity contribution in [2.24, 2.45) is 0 Å². The second kappa shape index (κ2) is 12.6. The number of hydrogen-bond acceptors (Lipinski definition) is 6. The van der Waals surface area contributed by atoms with Gasteiger partial charge in [-0.3, -0.25) is 15.0 Å². The third kappa shape index (κ3) is 5.55. The number of aromatic nitrogens is 6. The quantitative estimate of drug-likeness (QED) is 0.168. The first kappa shape index (κ1) is 29.2. The Hall–Kier alpha value is -6.92. The van der Waals surface area contributed by atoms with Gasteiger partial charge < -0.3 is 0 Å². The third-order valence-corrected chi connectivity index (χ3v) is 8.85. The van der Waals surface area contributed by atoms with Gasteiger partial charge >= 0.3 is 0 Å². The summed E-state index contributed by atoms with van der Waals surface area (Å²) in [6, 6.07) is 51.8. The fourth-order valence-corrected chi connectivity index (χ4v) is 6.40. The van der Waals surface area contributed by atoms with Crippen LogP contribution in [-0.2, 0) is 0 Å². The van der Waals surface area contributed by atoms with Gasteiger partial charge in [-0.05, 0) is 64.2 Å². The van der Waals surface area contributed by atoms with Crippen LogP contribution in [0.3, 0.4) is 0 Å². The molecule has 3 heterocycles. The van der Waals surface area contributed by atoms with Crippen LogP contribution in [0.25, 0.3) is 89.5 Å². The number of rotatable bonds is 6. The van der Waals surface area contributed by atoms with Crippen LogP contribution in [-0.4, -0.2) is 29.9 Å². The van der Waals surface area contributed by atoms with Gasteiger partial charge in [0.25, 0.3) is 0 Å². The lowest BCUT2D eigenvalue weighted by Gasteiger charge is -2.14. The van der Waals surface area contributed by atoms with E-state index in [1.165, 1.54) is 5.56 Å². The molecule has 3 aromatic heterocycles. The molecule has 0 N–H and O–H groups in total. The van der Waals surface area contributed by atoms with Crippen LogP contribution in [0.4, 0.5) is 0 Å². The van der Waals surface area contributed by atoms with E-state index in [-0.39, 0.29) is 0 Å². The van der Waals surface area contributed by atoms with E-state index in [9.17, 15) is 0 Å². The normalized spacial score (nSPS) is 11.2. The highest BCUT2D eigenvalue weighted by Crippen LogP contribution is 2.38. The molecule has 50 heavy (non-hydrogen) atoms. The maximum absolute atomic E-state index is 5.07. The average Bonchev–Trinajstić information content (AvgIpc) is 3.21. The second-order valence-corrected chi connectivity index (χ2v) is 12.0. The molecule has 0 unspecified atom stereocenters. The van der Waals surface area contributed by atoms with E-state index in [0.29, 0.717) is 17.5 Å². The van der Waals surface area contributed by atoms with Crippen LogP contribution in [0.5, 0.6) is 0 Å². The number of hydrogen-bond donors (Lipinski definition) is 0. The summed E-state index contributed by atoms with van der Waals surface area (Å²) in [5.41, 5.74) is 11.6. The lowest BCUT2D eigenvalue weighted by Crippen LogP contribution is -2.00. The van der Waals surface area contributed by atoms with Crippen molar-refractivity contribution in [2.75, 3.05) is 0 Å². The van der Waals surface area contributed by atoms with Crippen molar-refractivity contribution in [1.29, 1.82) is 0 Å². The lowest BCUT2D eigenvalue weighted by atomic mass is 9.93. The molecular weight excluding hydrogens is 613 g/mol. The molecule has 0 aliphatic rings. The van der Waals surface area contributed by atoms with Gasteiger partial charge in [0.15, 0.2) is 17.5 Å². The Balaban J connectivity index is 1.28. The average molecular weight is 641 g/mol. The molecule has 0 aliphatic carbocycles. The van der Waals surface area contributed by atoms with Crippen molar-refractivity contribution in [2.45, 2.75) is 0 Å². The van der Waals surface area contributed by atoms with Crippen molar-refractivity contribution in [3.63, 3.8) is 0 Å². The topological polar surface area (TPSA) is 77.3 Å². The first-order valence-electron chi connectivity index (χ1n) is 16.4. The molecule has 6 aromatic carbocycles.